The van der Waals surface area contributed by atoms with E-state index in [0.717, 1.165) is 11.3 Å². The van der Waals surface area contributed by atoms with Crippen LogP contribution in [0, 0.1) is 6.92 Å². The molecule has 0 unspecified atom stereocenters. The molecule has 0 spiro atoms. The lowest BCUT2D eigenvalue weighted by Crippen LogP contribution is -2.27. The first-order valence-electron chi connectivity index (χ1n) is 3.98. The average Bonchev–Trinajstić information content (AvgIpc) is 2.50. The van der Waals surface area contributed by atoms with E-state index in [-0.39, 0.29) is 11.8 Å². The number of carbonyl (C=O) groups is 1. The monoisotopic (exact) mass is 201 g/mol. The lowest BCUT2D eigenvalue weighted by Gasteiger charge is -2.14. The van der Waals surface area contributed by atoms with Crippen molar-refractivity contribution in [2.45, 2.75) is 13.5 Å². The second-order valence-corrected chi connectivity index (χ2v) is 3.15. The zero-order chi connectivity index (χ0) is 9.84. The van der Waals surface area contributed by atoms with Crippen LogP contribution < -0.4 is 0 Å². The summed E-state index contributed by atoms with van der Waals surface area (Å²) >= 11 is 5.41. The van der Waals surface area contributed by atoms with Gasteiger partial charge >= 0.3 is 0 Å². The second-order valence-electron chi connectivity index (χ2n) is 2.89. The minimum Gasteiger partial charge on any atom is -0.469 e. The van der Waals surface area contributed by atoms with E-state index in [0.29, 0.717) is 6.54 Å². The molecular formula is C9H12ClNO2. The van der Waals surface area contributed by atoms with Gasteiger partial charge in [0.15, 0.2) is 0 Å². The Labute approximate surface area is 82.3 Å². The van der Waals surface area contributed by atoms with E-state index >= 15 is 0 Å². The third kappa shape index (κ3) is 2.49. The molecule has 0 saturated heterocycles. The third-order valence-corrected chi connectivity index (χ3v) is 2.14. The fourth-order valence-corrected chi connectivity index (χ4v) is 1.23. The van der Waals surface area contributed by atoms with Crippen LogP contribution in [-0.4, -0.2) is 23.7 Å². The summed E-state index contributed by atoms with van der Waals surface area (Å²) in [4.78, 5) is 12.7. The van der Waals surface area contributed by atoms with Gasteiger partial charge in [-0.1, -0.05) is 0 Å². The fraction of sp³-hybridized carbons (Fsp3) is 0.444. The van der Waals surface area contributed by atoms with Gasteiger partial charge in [0.1, 0.15) is 11.6 Å². The molecular weight excluding hydrogens is 190 g/mol. The van der Waals surface area contributed by atoms with Crippen LogP contribution in [0.3, 0.4) is 0 Å². The molecule has 0 saturated carbocycles. The lowest BCUT2D eigenvalue weighted by molar-refractivity contribution is -0.127. The van der Waals surface area contributed by atoms with E-state index in [2.05, 4.69) is 0 Å². The number of halogens is 1. The van der Waals surface area contributed by atoms with Crippen molar-refractivity contribution in [1.82, 2.24) is 4.90 Å². The molecule has 1 heterocycles. The Morgan fingerprint density at radius 2 is 2.38 bits per heavy atom. The van der Waals surface area contributed by atoms with E-state index in [9.17, 15) is 4.79 Å². The molecule has 0 aliphatic carbocycles. The average molecular weight is 202 g/mol. The van der Waals surface area contributed by atoms with Gasteiger partial charge in [0, 0.05) is 19.2 Å². The van der Waals surface area contributed by atoms with Crippen molar-refractivity contribution in [2.75, 3.05) is 12.9 Å². The molecule has 0 fully saturated rings. The Kier molecular flexibility index (Phi) is 3.37. The quantitative estimate of drug-likeness (QED) is 0.699. The van der Waals surface area contributed by atoms with Gasteiger partial charge in [0.2, 0.25) is 5.91 Å². The predicted octanol–water partition coefficient (Wildman–Crippen LogP) is 1.79. The Morgan fingerprint density at radius 1 is 1.69 bits per heavy atom. The number of nitrogens with zero attached hydrogens (tertiary/aromatic N) is 1. The zero-order valence-electron chi connectivity index (χ0n) is 7.71. The smallest absolute Gasteiger partial charge is 0.237 e. The summed E-state index contributed by atoms with van der Waals surface area (Å²) in [7, 11) is 1.72. The molecule has 0 aliphatic rings. The maximum Gasteiger partial charge on any atom is 0.237 e. The molecule has 72 valence electrons. The standard InChI is InChI=1S/C9H12ClNO2/c1-7-8(3-4-13-7)6-11(2)9(12)5-10/h3-4H,5-6H2,1-2H3. The lowest BCUT2D eigenvalue weighted by atomic mass is 10.2. The summed E-state index contributed by atoms with van der Waals surface area (Å²) in [6, 6.07) is 1.85. The molecule has 0 N–H and O–H groups in total. The van der Waals surface area contributed by atoms with Gasteiger partial charge in [-0.05, 0) is 13.0 Å². The van der Waals surface area contributed by atoms with E-state index in [1.54, 1.807) is 18.2 Å². The molecule has 0 bridgehead atoms. The molecule has 1 rings (SSSR count). The first-order valence-corrected chi connectivity index (χ1v) is 4.51. The minimum absolute atomic E-state index is 0.0212. The number of alkyl halides is 1. The van der Waals surface area contributed by atoms with Gasteiger partial charge in [-0.3, -0.25) is 4.79 Å². The summed E-state index contributed by atoms with van der Waals surface area (Å²) in [5.74, 6) is 0.782. The first-order chi connectivity index (χ1) is 6.15. The molecule has 0 atom stereocenters. The van der Waals surface area contributed by atoms with Gasteiger partial charge in [-0.25, -0.2) is 0 Å². The van der Waals surface area contributed by atoms with Crippen molar-refractivity contribution in [1.29, 1.82) is 0 Å². The van der Waals surface area contributed by atoms with Crippen LogP contribution in [0.15, 0.2) is 16.7 Å². The predicted molar refractivity (Wildman–Crippen MR) is 50.6 cm³/mol. The summed E-state index contributed by atoms with van der Waals surface area (Å²) in [5.41, 5.74) is 1.01. The summed E-state index contributed by atoms with van der Waals surface area (Å²) in [6.07, 6.45) is 1.61. The highest BCUT2D eigenvalue weighted by molar-refractivity contribution is 6.27. The van der Waals surface area contributed by atoms with Gasteiger partial charge in [-0.2, -0.15) is 0 Å². The summed E-state index contributed by atoms with van der Waals surface area (Å²) in [5, 5.41) is 0. The van der Waals surface area contributed by atoms with Crippen LogP contribution in [0.25, 0.3) is 0 Å². The highest BCUT2D eigenvalue weighted by Crippen LogP contribution is 2.10. The molecule has 13 heavy (non-hydrogen) atoms. The normalized spacial score (nSPS) is 10.1. The van der Waals surface area contributed by atoms with Gasteiger partial charge in [0.25, 0.3) is 0 Å². The Hall–Kier alpha value is -0.960. The van der Waals surface area contributed by atoms with Gasteiger partial charge in [-0.15, -0.1) is 11.6 Å². The van der Waals surface area contributed by atoms with Crippen LogP contribution in [0.4, 0.5) is 0 Å². The van der Waals surface area contributed by atoms with Gasteiger partial charge < -0.3 is 9.32 Å². The zero-order valence-corrected chi connectivity index (χ0v) is 8.47. The van der Waals surface area contributed by atoms with Crippen LogP contribution in [0.2, 0.25) is 0 Å². The number of amides is 1. The van der Waals surface area contributed by atoms with Crippen LogP contribution in [0.1, 0.15) is 11.3 Å². The number of hydrogen-bond acceptors (Lipinski definition) is 2. The van der Waals surface area contributed by atoms with E-state index in [1.165, 1.54) is 0 Å². The van der Waals surface area contributed by atoms with Gasteiger partial charge in [0.05, 0.1) is 6.26 Å². The Bertz CT molecular complexity index is 296. The van der Waals surface area contributed by atoms with Crippen molar-refractivity contribution in [3.05, 3.63) is 23.7 Å². The number of furan rings is 1. The molecule has 0 radical (unpaired) electrons. The maximum atomic E-state index is 11.1. The molecule has 4 heteroatoms. The van der Waals surface area contributed by atoms with Crippen molar-refractivity contribution in [3.8, 4) is 0 Å². The van der Waals surface area contributed by atoms with Crippen molar-refractivity contribution in [2.24, 2.45) is 0 Å². The van der Waals surface area contributed by atoms with Crippen LogP contribution in [0.5, 0.6) is 0 Å². The van der Waals surface area contributed by atoms with E-state index < -0.39 is 0 Å². The van der Waals surface area contributed by atoms with E-state index in [1.807, 2.05) is 13.0 Å². The molecule has 1 amide bonds. The number of aryl methyl sites for hydroxylation is 1. The van der Waals surface area contributed by atoms with Crippen molar-refractivity contribution >= 4 is 17.5 Å². The molecule has 0 aliphatic heterocycles. The highest BCUT2D eigenvalue weighted by atomic mass is 35.5. The second kappa shape index (κ2) is 4.33. The summed E-state index contributed by atoms with van der Waals surface area (Å²) in [6.45, 7) is 2.42. The minimum atomic E-state index is -0.0812. The first kappa shape index (κ1) is 10.1. The van der Waals surface area contributed by atoms with Crippen LogP contribution in [-0.2, 0) is 11.3 Å². The molecule has 1 aromatic heterocycles. The highest BCUT2D eigenvalue weighted by Gasteiger charge is 2.09. The topological polar surface area (TPSA) is 33.5 Å². The largest absolute Gasteiger partial charge is 0.469 e. The SMILES string of the molecule is Cc1occc1CN(C)C(=O)CCl. The molecule has 1 aromatic rings. The maximum absolute atomic E-state index is 11.1. The van der Waals surface area contributed by atoms with Crippen molar-refractivity contribution < 1.29 is 9.21 Å². The Balaban J connectivity index is 2.59. The van der Waals surface area contributed by atoms with E-state index in [4.69, 9.17) is 16.0 Å². The number of carbonyl (C=O) groups excluding carboxylic acids is 1. The third-order valence-electron chi connectivity index (χ3n) is 1.91. The number of rotatable bonds is 3. The van der Waals surface area contributed by atoms with Crippen molar-refractivity contribution in [3.63, 3.8) is 0 Å². The molecule has 3 nitrogen and oxygen atoms in total. The molecule has 0 aromatic carbocycles. The van der Waals surface area contributed by atoms with Crippen LogP contribution >= 0.6 is 11.6 Å². The Morgan fingerprint density at radius 3 is 2.85 bits per heavy atom. The fourth-order valence-electron chi connectivity index (χ4n) is 1.02. The summed E-state index contributed by atoms with van der Waals surface area (Å²) < 4.78 is 5.11. The number of hydrogen-bond donors (Lipinski definition) is 0.